The summed E-state index contributed by atoms with van der Waals surface area (Å²) in [6, 6.07) is 5.78. The van der Waals surface area contributed by atoms with Crippen LogP contribution >= 0.6 is 11.3 Å². The number of hydrogen-bond donors (Lipinski definition) is 1. The molecular formula is C15H15N5O3S. The molecule has 0 unspecified atom stereocenters. The number of carbonyl (C=O) groups excluding carboxylic acids is 2. The van der Waals surface area contributed by atoms with Crippen molar-refractivity contribution in [2.75, 3.05) is 12.4 Å². The highest BCUT2D eigenvalue weighted by Gasteiger charge is 2.10. The molecule has 0 aliphatic carbocycles. The summed E-state index contributed by atoms with van der Waals surface area (Å²) in [7, 11) is 1.38. The van der Waals surface area contributed by atoms with Gasteiger partial charge < -0.3 is 14.6 Å². The first kappa shape index (κ1) is 16.1. The van der Waals surface area contributed by atoms with Crippen molar-refractivity contribution < 1.29 is 14.3 Å². The molecule has 0 saturated heterocycles. The number of nitrogens with one attached hydrogen (secondary N) is 1. The first-order valence-electron chi connectivity index (χ1n) is 7.22. The molecule has 1 N–H and O–H groups in total. The lowest BCUT2D eigenvalue weighted by Crippen LogP contribution is -2.17. The smallest absolute Gasteiger partial charge is 0.305 e. The minimum Gasteiger partial charge on any atom is -0.469 e. The molecule has 24 heavy (non-hydrogen) atoms. The minimum absolute atomic E-state index is 0.132. The molecule has 0 radical (unpaired) electrons. The molecule has 1 aromatic carbocycles. The first-order valence-corrected chi connectivity index (χ1v) is 8.04. The normalized spacial score (nSPS) is 10.7. The van der Waals surface area contributed by atoms with E-state index in [-0.39, 0.29) is 18.4 Å². The average Bonchev–Trinajstić information content (AvgIpc) is 3.20. The first-order chi connectivity index (χ1) is 11.6. The van der Waals surface area contributed by atoms with Crippen LogP contribution in [0.4, 0.5) is 5.13 Å². The van der Waals surface area contributed by atoms with Gasteiger partial charge in [0.1, 0.15) is 19.2 Å². The Morgan fingerprint density at radius 1 is 1.29 bits per heavy atom. The fourth-order valence-corrected chi connectivity index (χ4v) is 3.10. The van der Waals surface area contributed by atoms with E-state index in [2.05, 4.69) is 25.2 Å². The highest BCUT2D eigenvalue weighted by molar-refractivity contribution is 7.22. The van der Waals surface area contributed by atoms with Crippen LogP contribution in [0.3, 0.4) is 0 Å². The third-order valence-corrected chi connectivity index (χ3v) is 4.27. The molecule has 0 atom stereocenters. The van der Waals surface area contributed by atoms with Crippen LogP contribution in [-0.4, -0.2) is 38.7 Å². The number of methoxy groups -OCH3 is 1. The lowest BCUT2D eigenvalue weighted by molar-refractivity contribution is -0.140. The Balaban J connectivity index is 1.67. The Hall–Kier alpha value is -2.81. The van der Waals surface area contributed by atoms with E-state index in [1.165, 1.54) is 31.1 Å². The van der Waals surface area contributed by atoms with Gasteiger partial charge in [-0.3, -0.25) is 9.59 Å². The predicted molar refractivity (Wildman–Crippen MR) is 88.6 cm³/mol. The number of esters is 1. The number of fused-ring (bicyclic) bond motifs is 1. The topological polar surface area (TPSA) is 99.0 Å². The Kier molecular flexibility index (Phi) is 4.80. The molecule has 2 aromatic heterocycles. The van der Waals surface area contributed by atoms with Crippen LogP contribution in [0.25, 0.3) is 10.2 Å². The predicted octanol–water partition coefficient (Wildman–Crippen LogP) is 1.63. The molecular weight excluding hydrogens is 330 g/mol. The molecule has 8 nitrogen and oxygen atoms in total. The van der Waals surface area contributed by atoms with Crippen LogP contribution in [0.1, 0.15) is 12.0 Å². The van der Waals surface area contributed by atoms with Crippen molar-refractivity contribution in [3.05, 3.63) is 36.4 Å². The summed E-state index contributed by atoms with van der Waals surface area (Å²) >= 11 is 1.39. The molecule has 1 amide bonds. The van der Waals surface area contributed by atoms with Crippen molar-refractivity contribution in [3.63, 3.8) is 0 Å². The molecule has 3 aromatic rings. The monoisotopic (exact) mass is 345 g/mol. The van der Waals surface area contributed by atoms with Gasteiger partial charge in [-0.05, 0) is 24.1 Å². The summed E-state index contributed by atoms with van der Waals surface area (Å²) < 4.78 is 7.18. The summed E-state index contributed by atoms with van der Waals surface area (Å²) in [6.45, 7) is 0.132. The number of amides is 1. The van der Waals surface area contributed by atoms with Crippen molar-refractivity contribution in [1.82, 2.24) is 19.7 Å². The van der Waals surface area contributed by atoms with Gasteiger partial charge in [-0.25, -0.2) is 4.98 Å². The Morgan fingerprint density at radius 3 is 2.83 bits per heavy atom. The van der Waals surface area contributed by atoms with Gasteiger partial charge in [-0.1, -0.05) is 17.4 Å². The van der Waals surface area contributed by atoms with Crippen molar-refractivity contribution in [2.45, 2.75) is 19.4 Å². The lowest BCUT2D eigenvalue weighted by atomic mass is 10.1. The van der Waals surface area contributed by atoms with Crippen LogP contribution in [0.5, 0.6) is 0 Å². The second-order valence-electron chi connectivity index (χ2n) is 5.08. The summed E-state index contributed by atoms with van der Waals surface area (Å²) in [5.41, 5.74) is 1.83. The third-order valence-electron chi connectivity index (χ3n) is 3.34. The summed E-state index contributed by atoms with van der Waals surface area (Å²) in [6.07, 6.45) is 3.90. The summed E-state index contributed by atoms with van der Waals surface area (Å²) in [4.78, 5) is 27.6. The number of hydrogen-bond acceptors (Lipinski definition) is 7. The third kappa shape index (κ3) is 3.93. The van der Waals surface area contributed by atoms with Crippen molar-refractivity contribution in [1.29, 1.82) is 0 Å². The van der Waals surface area contributed by atoms with E-state index < -0.39 is 0 Å². The van der Waals surface area contributed by atoms with Gasteiger partial charge in [-0.15, -0.1) is 10.2 Å². The second-order valence-corrected chi connectivity index (χ2v) is 6.11. The summed E-state index contributed by atoms with van der Waals surface area (Å²) in [5.74, 6) is -0.430. The lowest BCUT2D eigenvalue weighted by Gasteiger charge is -2.00. The average molecular weight is 345 g/mol. The van der Waals surface area contributed by atoms with Gasteiger partial charge in [0, 0.05) is 6.42 Å². The standard InChI is InChI=1S/C15H15N5O3S/c1-23-14(22)5-3-10-2-4-11-12(6-10)24-15(18-11)19-13(21)7-20-8-16-17-9-20/h2,4,6,8-9H,3,5,7H2,1H3,(H,18,19,21). The van der Waals surface area contributed by atoms with Crippen molar-refractivity contribution in [3.8, 4) is 0 Å². The molecule has 2 heterocycles. The van der Waals surface area contributed by atoms with Gasteiger partial charge in [0.25, 0.3) is 0 Å². The number of carbonyl (C=O) groups is 2. The van der Waals surface area contributed by atoms with E-state index in [1.54, 1.807) is 4.57 Å². The molecule has 0 saturated carbocycles. The number of aromatic nitrogens is 4. The maximum absolute atomic E-state index is 12.0. The Bertz CT molecular complexity index is 859. The Labute approximate surface area is 141 Å². The zero-order valence-electron chi connectivity index (χ0n) is 12.9. The van der Waals surface area contributed by atoms with Gasteiger partial charge >= 0.3 is 5.97 Å². The molecule has 3 rings (SSSR count). The molecule has 0 bridgehead atoms. The number of thiazole rings is 1. The van der Waals surface area contributed by atoms with Crippen LogP contribution in [-0.2, 0) is 27.3 Å². The number of ether oxygens (including phenoxy) is 1. The van der Waals surface area contributed by atoms with E-state index in [0.29, 0.717) is 18.0 Å². The van der Waals surface area contributed by atoms with Crippen molar-refractivity contribution in [2.24, 2.45) is 0 Å². The zero-order chi connectivity index (χ0) is 16.9. The van der Waals surface area contributed by atoms with E-state index in [4.69, 9.17) is 0 Å². The second kappa shape index (κ2) is 7.18. The van der Waals surface area contributed by atoms with Crippen molar-refractivity contribution >= 4 is 38.6 Å². The number of anilines is 1. The van der Waals surface area contributed by atoms with E-state index >= 15 is 0 Å². The van der Waals surface area contributed by atoms with Gasteiger partial charge in [0.15, 0.2) is 5.13 Å². The quantitative estimate of drug-likeness (QED) is 0.682. The van der Waals surface area contributed by atoms with Crippen LogP contribution < -0.4 is 5.32 Å². The highest BCUT2D eigenvalue weighted by Crippen LogP contribution is 2.27. The molecule has 0 spiro atoms. The number of rotatable bonds is 6. The van der Waals surface area contributed by atoms with Gasteiger partial charge in [-0.2, -0.15) is 0 Å². The highest BCUT2D eigenvalue weighted by atomic mass is 32.1. The van der Waals surface area contributed by atoms with Crippen LogP contribution in [0.2, 0.25) is 0 Å². The molecule has 0 aliphatic heterocycles. The molecule has 9 heteroatoms. The SMILES string of the molecule is COC(=O)CCc1ccc2nc(NC(=O)Cn3cnnc3)sc2c1. The number of aryl methyl sites for hydroxylation is 1. The largest absolute Gasteiger partial charge is 0.469 e. The van der Waals surface area contributed by atoms with Gasteiger partial charge in [0.05, 0.1) is 17.3 Å². The Morgan fingerprint density at radius 2 is 2.08 bits per heavy atom. The minimum atomic E-state index is -0.235. The van der Waals surface area contributed by atoms with E-state index in [0.717, 1.165) is 15.8 Å². The number of nitrogens with zero attached hydrogens (tertiary/aromatic N) is 4. The van der Waals surface area contributed by atoms with Crippen LogP contribution in [0.15, 0.2) is 30.9 Å². The maximum atomic E-state index is 12.0. The van der Waals surface area contributed by atoms with Gasteiger partial charge in [0.2, 0.25) is 5.91 Å². The fourth-order valence-electron chi connectivity index (χ4n) is 2.15. The van der Waals surface area contributed by atoms with Crippen LogP contribution in [0, 0.1) is 0 Å². The fraction of sp³-hybridized carbons (Fsp3) is 0.267. The molecule has 124 valence electrons. The zero-order valence-corrected chi connectivity index (χ0v) is 13.7. The number of benzene rings is 1. The van der Waals surface area contributed by atoms with E-state index in [9.17, 15) is 9.59 Å². The molecule has 0 aliphatic rings. The molecule has 0 fully saturated rings. The summed E-state index contributed by atoms with van der Waals surface area (Å²) in [5, 5.41) is 10.6. The maximum Gasteiger partial charge on any atom is 0.305 e. The van der Waals surface area contributed by atoms with E-state index in [1.807, 2.05) is 18.2 Å².